The molecule has 0 bridgehead atoms. The molecule has 1 fully saturated rings. The molecular formula is C17H24ClN3O3. The number of halogens is 1. The number of amides is 1. The maximum atomic E-state index is 12.6. The number of hydrogen-bond acceptors (Lipinski definition) is 5. The number of carbonyl (C=O) groups excluding carboxylic acids is 1. The third-order valence-corrected chi connectivity index (χ3v) is 4.49. The fraction of sp³-hybridized carbons (Fsp3) is 0.529. The van der Waals surface area contributed by atoms with Crippen molar-refractivity contribution in [3.05, 3.63) is 40.2 Å². The molecule has 0 aliphatic carbocycles. The van der Waals surface area contributed by atoms with E-state index in [9.17, 15) is 4.79 Å². The van der Waals surface area contributed by atoms with E-state index in [0.29, 0.717) is 11.3 Å². The third-order valence-electron chi connectivity index (χ3n) is 4.49. The summed E-state index contributed by atoms with van der Waals surface area (Å²) in [6.45, 7) is 11.6. The summed E-state index contributed by atoms with van der Waals surface area (Å²) in [7, 11) is 0. The van der Waals surface area contributed by atoms with E-state index in [1.165, 1.54) is 0 Å². The van der Waals surface area contributed by atoms with Gasteiger partial charge in [-0.2, -0.15) is 0 Å². The zero-order valence-electron chi connectivity index (χ0n) is 14.6. The molecule has 1 amide bonds. The smallest absolute Gasteiger partial charge is 0.257 e. The summed E-state index contributed by atoms with van der Waals surface area (Å²) >= 11 is 0. The number of furan rings is 1. The second kappa shape index (κ2) is 7.40. The molecule has 24 heavy (non-hydrogen) atoms. The lowest BCUT2D eigenvalue weighted by molar-refractivity contribution is 0.0626. The van der Waals surface area contributed by atoms with Gasteiger partial charge < -0.3 is 13.8 Å². The second-order valence-corrected chi connectivity index (χ2v) is 6.20. The van der Waals surface area contributed by atoms with Crippen LogP contribution in [-0.2, 0) is 6.54 Å². The summed E-state index contributed by atoms with van der Waals surface area (Å²) < 4.78 is 10.7. The van der Waals surface area contributed by atoms with Crippen LogP contribution in [0.3, 0.4) is 0 Å². The van der Waals surface area contributed by atoms with Crippen molar-refractivity contribution in [2.24, 2.45) is 0 Å². The van der Waals surface area contributed by atoms with Crippen molar-refractivity contribution in [2.45, 2.75) is 34.2 Å². The van der Waals surface area contributed by atoms with Gasteiger partial charge in [-0.1, -0.05) is 5.16 Å². The van der Waals surface area contributed by atoms with Crippen molar-refractivity contribution in [2.75, 3.05) is 26.2 Å². The molecule has 3 rings (SSSR count). The maximum absolute atomic E-state index is 12.6. The summed E-state index contributed by atoms with van der Waals surface area (Å²) in [6.07, 6.45) is 0. The molecule has 0 spiro atoms. The second-order valence-electron chi connectivity index (χ2n) is 6.20. The molecule has 0 unspecified atom stereocenters. The SMILES string of the molecule is Cc1cc(C(=O)N2CCN(Cc3c(C)noc3C)CC2)c(C)o1.Cl. The first-order valence-electron chi connectivity index (χ1n) is 7.96. The number of hydrogen-bond donors (Lipinski definition) is 0. The van der Waals surface area contributed by atoms with Crippen LogP contribution in [0.4, 0.5) is 0 Å². The first-order valence-corrected chi connectivity index (χ1v) is 7.96. The van der Waals surface area contributed by atoms with Gasteiger partial charge in [0.1, 0.15) is 17.3 Å². The zero-order valence-corrected chi connectivity index (χ0v) is 15.4. The Morgan fingerprint density at radius 1 is 1.12 bits per heavy atom. The first kappa shape index (κ1) is 18.5. The van der Waals surface area contributed by atoms with Crippen LogP contribution in [0.5, 0.6) is 0 Å². The maximum Gasteiger partial charge on any atom is 0.257 e. The van der Waals surface area contributed by atoms with Gasteiger partial charge in [0.15, 0.2) is 0 Å². The minimum absolute atomic E-state index is 0. The quantitative estimate of drug-likeness (QED) is 0.849. The van der Waals surface area contributed by atoms with E-state index in [1.54, 1.807) is 0 Å². The van der Waals surface area contributed by atoms with Gasteiger partial charge in [-0.3, -0.25) is 9.69 Å². The minimum Gasteiger partial charge on any atom is -0.466 e. The third kappa shape index (κ3) is 3.65. The molecule has 2 aromatic rings. The predicted octanol–water partition coefficient (Wildman–Crippen LogP) is 2.88. The number of piperazine rings is 1. The van der Waals surface area contributed by atoms with Gasteiger partial charge in [-0.05, 0) is 33.8 Å². The number of carbonyl (C=O) groups is 1. The van der Waals surface area contributed by atoms with E-state index < -0.39 is 0 Å². The van der Waals surface area contributed by atoms with Crippen molar-refractivity contribution < 1.29 is 13.7 Å². The summed E-state index contributed by atoms with van der Waals surface area (Å²) in [5.74, 6) is 2.43. The van der Waals surface area contributed by atoms with Crippen molar-refractivity contribution in [3.63, 3.8) is 0 Å². The van der Waals surface area contributed by atoms with Gasteiger partial charge in [0.25, 0.3) is 5.91 Å². The van der Waals surface area contributed by atoms with Crippen LogP contribution < -0.4 is 0 Å². The van der Waals surface area contributed by atoms with E-state index in [0.717, 1.165) is 55.5 Å². The van der Waals surface area contributed by atoms with Gasteiger partial charge in [-0.25, -0.2) is 0 Å². The molecule has 7 heteroatoms. The highest BCUT2D eigenvalue weighted by atomic mass is 35.5. The lowest BCUT2D eigenvalue weighted by Crippen LogP contribution is -2.48. The molecule has 2 aromatic heterocycles. The molecule has 0 atom stereocenters. The van der Waals surface area contributed by atoms with Crippen LogP contribution in [0.25, 0.3) is 0 Å². The molecule has 1 aliphatic heterocycles. The van der Waals surface area contributed by atoms with Crippen molar-refractivity contribution in [3.8, 4) is 0 Å². The van der Waals surface area contributed by atoms with Crippen molar-refractivity contribution in [1.82, 2.24) is 15.0 Å². The van der Waals surface area contributed by atoms with Crippen molar-refractivity contribution in [1.29, 1.82) is 0 Å². The monoisotopic (exact) mass is 353 g/mol. The average molecular weight is 354 g/mol. The topological polar surface area (TPSA) is 62.7 Å². The lowest BCUT2D eigenvalue weighted by Gasteiger charge is -2.34. The largest absolute Gasteiger partial charge is 0.466 e. The zero-order chi connectivity index (χ0) is 16.6. The molecule has 0 saturated carbocycles. The van der Waals surface area contributed by atoms with E-state index in [2.05, 4.69) is 10.1 Å². The molecule has 0 aromatic carbocycles. The van der Waals surface area contributed by atoms with Crippen molar-refractivity contribution >= 4 is 18.3 Å². The van der Waals surface area contributed by atoms with Gasteiger partial charge in [0.2, 0.25) is 0 Å². The van der Waals surface area contributed by atoms with Crippen LogP contribution in [0.2, 0.25) is 0 Å². The molecule has 6 nitrogen and oxygen atoms in total. The summed E-state index contributed by atoms with van der Waals surface area (Å²) in [6, 6.07) is 1.83. The fourth-order valence-corrected chi connectivity index (χ4v) is 3.07. The van der Waals surface area contributed by atoms with E-state index >= 15 is 0 Å². The highest BCUT2D eigenvalue weighted by Crippen LogP contribution is 2.19. The van der Waals surface area contributed by atoms with Crippen LogP contribution in [0.1, 0.15) is 38.9 Å². The Morgan fingerprint density at radius 2 is 1.79 bits per heavy atom. The molecule has 132 valence electrons. The Bertz CT molecular complexity index is 695. The molecule has 3 heterocycles. The standard InChI is InChI=1S/C17H23N3O3.ClH/c1-11-9-15(13(3)22-11)17(21)20-7-5-19(6-8-20)10-16-12(2)18-23-14(16)4;/h9H,5-8,10H2,1-4H3;1H. The number of nitrogens with zero attached hydrogens (tertiary/aromatic N) is 3. The minimum atomic E-state index is 0. The highest BCUT2D eigenvalue weighted by Gasteiger charge is 2.25. The predicted molar refractivity (Wildman–Crippen MR) is 92.6 cm³/mol. The molecule has 1 saturated heterocycles. The van der Waals surface area contributed by atoms with Gasteiger partial charge in [0, 0.05) is 38.3 Å². The normalized spacial score (nSPS) is 15.4. The number of aryl methyl sites for hydroxylation is 4. The summed E-state index contributed by atoms with van der Waals surface area (Å²) in [5, 5.41) is 4.00. The van der Waals surface area contributed by atoms with E-state index in [4.69, 9.17) is 8.94 Å². The van der Waals surface area contributed by atoms with Gasteiger partial charge >= 0.3 is 0 Å². The number of rotatable bonds is 3. The highest BCUT2D eigenvalue weighted by molar-refractivity contribution is 5.95. The Hall–Kier alpha value is -1.79. The fourth-order valence-electron chi connectivity index (χ4n) is 3.07. The average Bonchev–Trinajstić information content (AvgIpc) is 3.03. The Labute approximate surface area is 148 Å². The molecule has 1 aliphatic rings. The Balaban J connectivity index is 0.00000208. The van der Waals surface area contributed by atoms with Gasteiger partial charge in [0.05, 0.1) is 11.3 Å². The molecule has 0 radical (unpaired) electrons. The Morgan fingerprint density at radius 3 is 2.29 bits per heavy atom. The summed E-state index contributed by atoms with van der Waals surface area (Å²) in [5.41, 5.74) is 2.79. The van der Waals surface area contributed by atoms with Crippen LogP contribution in [0, 0.1) is 27.7 Å². The van der Waals surface area contributed by atoms with Crippen LogP contribution in [0.15, 0.2) is 15.0 Å². The Kier molecular flexibility index (Phi) is 5.72. The van der Waals surface area contributed by atoms with Crippen LogP contribution >= 0.6 is 12.4 Å². The number of aromatic nitrogens is 1. The van der Waals surface area contributed by atoms with Gasteiger partial charge in [-0.15, -0.1) is 12.4 Å². The first-order chi connectivity index (χ1) is 11.0. The van der Waals surface area contributed by atoms with E-state index in [1.807, 2.05) is 38.7 Å². The van der Waals surface area contributed by atoms with Crippen LogP contribution in [-0.4, -0.2) is 47.0 Å². The molecular weight excluding hydrogens is 330 g/mol. The lowest BCUT2D eigenvalue weighted by atomic mass is 10.1. The van der Waals surface area contributed by atoms with E-state index in [-0.39, 0.29) is 18.3 Å². The molecule has 0 N–H and O–H groups in total. The summed E-state index contributed by atoms with van der Waals surface area (Å²) in [4.78, 5) is 16.8.